The van der Waals surface area contributed by atoms with Gasteiger partial charge in [-0.2, -0.15) is 0 Å². The van der Waals surface area contributed by atoms with E-state index in [4.69, 9.17) is 4.74 Å². The van der Waals surface area contributed by atoms with Gasteiger partial charge in [0.25, 0.3) is 5.91 Å². The van der Waals surface area contributed by atoms with Gasteiger partial charge in [-0.3, -0.25) is 14.6 Å². The molecule has 2 aliphatic heterocycles. The van der Waals surface area contributed by atoms with Gasteiger partial charge >= 0.3 is 6.03 Å². The number of ether oxygens (including phenoxy) is 1. The molecule has 1 aromatic carbocycles. The summed E-state index contributed by atoms with van der Waals surface area (Å²) in [6, 6.07) is 5.09. The number of aryl methyl sites for hydroxylation is 1. The van der Waals surface area contributed by atoms with Crippen LogP contribution in [0.1, 0.15) is 41.5 Å². The van der Waals surface area contributed by atoms with Gasteiger partial charge in [-0.1, -0.05) is 0 Å². The van der Waals surface area contributed by atoms with Crippen LogP contribution in [-0.2, 0) is 11.3 Å². The Morgan fingerprint density at radius 1 is 1.20 bits per heavy atom. The van der Waals surface area contributed by atoms with Crippen molar-refractivity contribution in [3.63, 3.8) is 0 Å². The second-order valence-electron chi connectivity index (χ2n) is 10.7. The number of carbonyl (C=O) groups is 2. The van der Waals surface area contributed by atoms with Crippen LogP contribution in [0.15, 0.2) is 24.5 Å². The van der Waals surface area contributed by atoms with Gasteiger partial charge in [-0.15, -0.1) is 0 Å². The number of hydrogen-bond acceptors (Lipinski definition) is 8. The Morgan fingerprint density at radius 3 is 2.65 bits per heavy atom. The molecule has 1 saturated heterocycles. The van der Waals surface area contributed by atoms with Gasteiger partial charge in [0, 0.05) is 51.9 Å². The Kier molecular flexibility index (Phi) is 6.75. The van der Waals surface area contributed by atoms with Gasteiger partial charge in [0.1, 0.15) is 17.8 Å². The molecule has 210 valence electrons. The first-order valence-corrected chi connectivity index (χ1v) is 13.6. The SMILES string of the molecule is CCN1C(=O)Nc2c(F)c(CN3CCN(c4ccc(C(=O)NC5(COC)CC5)nc4C)CC3)cc3ncnc1c23. The summed E-state index contributed by atoms with van der Waals surface area (Å²) >= 11 is 0. The van der Waals surface area contributed by atoms with Crippen LogP contribution in [-0.4, -0.2) is 83.8 Å². The Bertz CT molecular complexity index is 1490. The summed E-state index contributed by atoms with van der Waals surface area (Å²) in [7, 11) is 1.64. The standard InChI is InChI=1S/C28H33FN8O3/c1-4-37-25-22-20(30-16-31-25)13-18(23(29)24(22)33-27(37)39)14-35-9-11-36(12-10-35)21-6-5-19(32-17(21)2)26(38)34-28(7-8-28)15-40-3/h5-6,13,16H,4,7-12,14-15H2,1-3H3,(H,33,39)(H,34,38). The van der Waals surface area contributed by atoms with E-state index in [1.807, 2.05) is 19.9 Å². The lowest BCUT2D eigenvalue weighted by molar-refractivity contribution is 0.0876. The molecule has 4 heterocycles. The third-order valence-corrected chi connectivity index (χ3v) is 8.02. The number of piperazine rings is 1. The minimum Gasteiger partial charge on any atom is -0.382 e. The lowest BCUT2D eigenvalue weighted by Gasteiger charge is -2.37. The van der Waals surface area contributed by atoms with Gasteiger partial charge in [0.05, 0.1) is 40.1 Å². The molecule has 2 N–H and O–H groups in total. The molecule has 6 rings (SSSR count). The predicted octanol–water partition coefficient (Wildman–Crippen LogP) is 3.08. The Labute approximate surface area is 231 Å². The quantitative estimate of drug-likeness (QED) is 0.441. The average molecular weight is 549 g/mol. The number of nitrogens with zero attached hydrogens (tertiary/aromatic N) is 6. The molecule has 1 aliphatic carbocycles. The number of urea groups is 1. The maximum Gasteiger partial charge on any atom is 0.327 e. The molecule has 0 atom stereocenters. The van der Waals surface area contributed by atoms with E-state index in [2.05, 4.69) is 35.4 Å². The summed E-state index contributed by atoms with van der Waals surface area (Å²) in [4.78, 5) is 44.4. The van der Waals surface area contributed by atoms with E-state index in [9.17, 15) is 9.59 Å². The molecule has 2 fully saturated rings. The maximum absolute atomic E-state index is 15.6. The minimum atomic E-state index is -0.442. The Hall–Kier alpha value is -3.90. The molecule has 0 spiro atoms. The van der Waals surface area contributed by atoms with Gasteiger partial charge in [0.15, 0.2) is 5.82 Å². The highest BCUT2D eigenvalue weighted by Crippen LogP contribution is 2.38. The first-order valence-electron chi connectivity index (χ1n) is 13.6. The van der Waals surface area contributed by atoms with Crippen LogP contribution in [0, 0.1) is 12.7 Å². The number of halogens is 1. The highest BCUT2D eigenvalue weighted by Gasteiger charge is 2.44. The third-order valence-electron chi connectivity index (χ3n) is 8.02. The van der Waals surface area contributed by atoms with Crippen LogP contribution < -0.4 is 20.4 Å². The first-order chi connectivity index (χ1) is 19.3. The second kappa shape index (κ2) is 10.3. The monoisotopic (exact) mass is 548 g/mol. The number of pyridine rings is 1. The van der Waals surface area contributed by atoms with Gasteiger partial charge in [0.2, 0.25) is 0 Å². The molecule has 0 radical (unpaired) electrons. The molecule has 1 saturated carbocycles. The van der Waals surface area contributed by atoms with Crippen LogP contribution in [0.3, 0.4) is 0 Å². The molecular formula is C28H33FN8O3. The summed E-state index contributed by atoms with van der Waals surface area (Å²) in [5.41, 5.74) is 3.18. The smallest absolute Gasteiger partial charge is 0.327 e. The summed E-state index contributed by atoms with van der Waals surface area (Å²) in [6.45, 7) is 8.01. The normalized spacial score (nSPS) is 18.1. The lowest BCUT2D eigenvalue weighted by Crippen LogP contribution is -2.46. The van der Waals surface area contributed by atoms with E-state index in [0.29, 0.717) is 47.7 Å². The van der Waals surface area contributed by atoms with E-state index < -0.39 is 11.8 Å². The summed E-state index contributed by atoms with van der Waals surface area (Å²) in [6.07, 6.45) is 3.25. The van der Waals surface area contributed by atoms with Crippen molar-refractivity contribution in [2.45, 2.75) is 38.8 Å². The second-order valence-corrected chi connectivity index (χ2v) is 10.7. The summed E-state index contributed by atoms with van der Waals surface area (Å²) < 4.78 is 20.9. The fourth-order valence-corrected chi connectivity index (χ4v) is 5.68. The van der Waals surface area contributed by atoms with Crippen molar-refractivity contribution in [1.29, 1.82) is 0 Å². The topological polar surface area (TPSA) is 116 Å². The van der Waals surface area contributed by atoms with Crippen LogP contribution in [0.4, 0.5) is 26.4 Å². The van der Waals surface area contributed by atoms with E-state index >= 15 is 4.39 Å². The fraction of sp³-hybridized carbons (Fsp3) is 0.464. The minimum absolute atomic E-state index is 0.150. The number of benzene rings is 1. The van der Waals surface area contributed by atoms with Crippen molar-refractivity contribution >= 4 is 40.0 Å². The van der Waals surface area contributed by atoms with Crippen molar-refractivity contribution in [2.75, 3.05) is 61.6 Å². The highest BCUT2D eigenvalue weighted by molar-refractivity contribution is 6.17. The zero-order valence-electron chi connectivity index (χ0n) is 23.0. The Balaban J connectivity index is 1.13. The van der Waals surface area contributed by atoms with E-state index in [0.717, 1.165) is 50.4 Å². The number of amides is 3. The molecule has 0 unspecified atom stereocenters. The van der Waals surface area contributed by atoms with Crippen molar-refractivity contribution in [3.05, 3.63) is 47.3 Å². The molecule has 3 aromatic rings. The van der Waals surface area contributed by atoms with Crippen LogP contribution in [0.25, 0.3) is 10.9 Å². The van der Waals surface area contributed by atoms with Crippen LogP contribution >= 0.6 is 0 Å². The van der Waals surface area contributed by atoms with Crippen LogP contribution in [0.5, 0.6) is 0 Å². The third kappa shape index (κ3) is 4.71. The van der Waals surface area contributed by atoms with Crippen molar-refractivity contribution < 1.29 is 18.7 Å². The maximum atomic E-state index is 15.6. The first kappa shape index (κ1) is 26.3. The van der Waals surface area contributed by atoms with Crippen molar-refractivity contribution in [1.82, 2.24) is 25.2 Å². The molecule has 3 aliphatic rings. The molecule has 0 bridgehead atoms. The molecule has 2 aromatic heterocycles. The fourth-order valence-electron chi connectivity index (χ4n) is 5.68. The van der Waals surface area contributed by atoms with Crippen molar-refractivity contribution in [3.8, 4) is 0 Å². The lowest BCUT2D eigenvalue weighted by atomic mass is 10.1. The number of anilines is 3. The molecule has 11 nitrogen and oxygen atoms in total. The van der Waals surface area contributed by atoms with E-state index in [-0.39, 0.29) is 17.1 Å². The number of rotatable bonds is 8. The number of carbonyl (C=O) groups excluding carboxylic acids is 2. The molecular weight excluding hydrogens is 515 g/mol. The Morgan fingerprint density at radius 2 is 1.98 bits per heavy atom. The number of methoxy groups -OCH3 is 1. The zero-order valence-corrected chi connectivity index (χ0v) is 23.0. The zero-order chi connectivity index (χ0) is 28.0. The van der Waals surface area contributed by atoms with Gasteiger partial charge in [-0.25, -0.2) is 24.1 Å². The predicted molar refractivity (Wildman–Crippen MR) is 149 cm³/mol. The summed E-state index contributed by atoms with van der Waals surface area (Å²) in [5, 5.41) is 6.30. The van der Waals surface area contributed by atoms with E-state index in [1.54, 1.807) is 19.2 Å². The van der Waals surface area contributed by atoms with E-state index in [1.165, 1.54) is 11.2 Å². The summed E-state index contributed by atoms with van der Waals surface area (Å²) in [5.74, 6) is -0.191. The largest absolute Gasteiger partial charge is 0.382 e. The van der Waals surface area contributed by atoms with Gasteiger partial charge < -0.3 is 20.3 Å². The number of nitrogens with one attached hydrogen (secondary N) is 2. The number of hydrogen-bond donors (Lipinski definition) is 2. The molecule has 40 heavy (non-hydrogen) atoms. The van der Waals surface area contributed by atoms with Crippen LogP contribution in [0.2, 0.25) is 0 Å². The van der Waals surface area contributed by atoms with Gasteiger partial charge in [-0.05, 0) is 44.9 Å². The van der Waals surface area contributed by atoms with Crippen molar-refractivity contribution in [2.24, 2.45) is 0 Å². The highest BCUT2D eigenvalue weighted by atomic mass is 19.1. The molecule has 3 amide bonds. The number of aromatic nitrogens is 3. The average Bonchev–Trinajstić information content (AvgIpc) is 3.70. The molecule has 12 heteroatoms.